The van der Waals surface area contributed by atoms with Crippen LogP contribution in [0, 0.1) is 5.41 Å². The Labute approximate surface area is 63.0 Å². The van der Waals surface area contributed by atoms with Gasteiger partial charge >= 0.3 is 0 Å². The van der Waals surface area contributed by atoms with Crippen molar-refractivity contribution >= 4 is 6.41 Å². The van der Waals surface area contributed by atoms with Crippen molar-refractivity contribution in [2.75, 3.05) is 0 Å². The molecule has 1 atom stereocenters. The maximum atomic E-state index is 9.99. The molecule has 0 aromatic carbocycles. The topological polar surface area (TPSA) is 29.1 Å². The fourth-order valence-electron chi connectivity index (χ4n) is 1.09. The van der Waals surface area contributed by atoms with E-state index in [9.17, 15) is 4.79 Å². The van der Waals surface area contributed by atoms with Crippen molar-refractivity contribution in [3.8, 4) is 0 Å². The molecule has 0 spiro atoms. The second-order valence-electron chi connectivity index (χ2n) is 3.95. The van der Waals surface area contributed by atoms with Crippen LogP contribution in [-0.4, -0.2) is 12.5 Å². The zero-order valence-corrected chi connectivity index (χ0v) is 7.27. The summed E-state index contributed by atoms with van der Waals surface area (Å²) >= 11 is 0. The summed E-state index contributed by atoms with van der Waals surface area (Å²) in [5.74, 6) is 0. The van der Waals surface area contributed by atoms with Crippen LogP contribution < -0.4 is 5.32 Å². The van der Waals surface area contributed by atoms with Gasteiger partial charge in [0.1, 0.15) is 0 Å². The van der Waals surface area contributed by atoms with Crippen molar-refractivity contribution in [3.63, 3.8) is 0 Å². The first-order valence-electron chi connectivity index (χ1n) is 3.65. The molecule has 0 aliphatic heterocycles. The molecular formula is C8H17NO. The highest BCUT2D eigenvalue weighted by Crippen LogP contribution is 2.19. The van der Waals surface area contributed by atoms with Gasteiger partial charge in [0.2, 0.25) is 6.41 Å². The smallest absolute Gasteiger partial charge is 0.207 e. The third-order valence-electron chi connectivity index (χ3n) is 1.27. The molecule has 0 aromatic heterocycles. The van der Waals surface area contributed by atoms with E-state index < -0.39 is 0 Å². The van der Waals surface area contributed by atoms with E-state index in [1.807, 2.05) is 6.92 Å². The average Bonchev–Trinajstić information content (AvgIpc) is 1.59. The lowest BCUT2D eigenvalue weighted by molar-refractivity contribution is -0.110. The van der Waals surface area contributed by atoms with E-state index in [4.69, 9.17) is 0 Å². The molecule has 0 aliphatic carbocycles. The van der Waals surface area contributed by atoms with Gasteiger partial charge < -0.3 is 5.32 Å². The zero-order chi connectivity index (χ0) is 8.20. The van der Waals surface area contributed by atoms with Crippen molar-refractivity contribution in [2.45, 2.75) is 40.2 Å². The van der Waals surface area contributed by atoms with Gasteiger partial charge in [-0.25, -0.2) is 0 Å². The molecule has 60 valence electrons. The molecule has 2 heteroatoms. The molecule has 0 saturated carbocycles. The molecule has 0 unspecified atom stereocenters. The van der Waals surface area contributed by atoms with Gasteiger partial charge in [0.05, 0.1) is 0 Å². The van der Waals surface area contributed by atoms with E-state index in [1.165, 1.54) is 0 Å². The molecule has 1 N–H and O–H groups in total. The monoisotopic (exact) mass is 143 g/mol. The highest BCUT2D eigenvalue weighted by atomic mass is 16.1. The Morgan fingerprint density at radius 3 is 2.30 bits per heavy atom. The Kier molecular flexibility index (Phi) is 3.40. The number of carbonyl (C=O) groups is 1. The summed E-state index contributed by atoms with van der Waals surface area (Å²) < 4.78 is 0. The first-order valence-corrected chi connectivity index (χ1v) is 3.65. The van der Waals surface area contributed by atoms with E-state index >= 15 is 0 Å². The van der Waals surface area contributed by atoms with Crippen LogP contribution in [0.2, 0.25) is 0 Å². The molecule has 0 aromatic rings. The van der Waals surface area contributed by atoms with Crippen molar-refractivity contribution in [3.05, 3.63) is 0 Å². The number of nitrogens with one attached hydrogen (secondary N) is 1. The second-order valence-corrected chi connectivity index (χ2v) is 3.95. The van der Waals surface area contributed by atoms with Crippen molar-refractivity contribution in [2.24, 2.45) is 5.41 Å². The molecule has 0 saturated heterocycles. The zero-order valence-electron chi connectivity index (χ0n) is 7.27. The minimum atomic E-state index is 0.289. The molecular weight excluding hydrogens is 126 g/mol. The fraction of sp³-hybridized carbons (Fsp3) is 0.875. The first-order chi connectivity index (χ1) is 4.45. The van der Waals surface area contributed by atoms with E-state index in [0.717, 1.165) is 12.8 Å². The van der Waals surface area contributed by atoms with Crippen LogP contribution >= 0.6 is 0 Å². The number of amides is 1. The summed E-state index contributed by atoms with van der Waals surface area (Å²) in [6.07, 6.45) is 1.78. The second kappa shape index (κ2) is 3.59. The van der Waals surface area contributed by atoms with Crippen molar-refractivity contribution in [1.82, 2.24) is 5.32 Å². The largest absolute Gasteiger partial charge is 0.356 e. The Hall–Kier alpha value is -0.530. The minimum absolute atomic E-state index is 0.289. The van der Waals surface area contributed by atoms with E-state index in [0.29, 0.717) is 5.41 Å². The molecule has 0 heterocycles. The molecule has 0 radical (unpaired) electrons. The molecule has 0 fully saturated rings. The Morgan fingerprint density at radius 2 is 2.00 bits per heavy atom. The first kappa shape index (κ1) is 9.47. The van der Waals surface area contributed by atoms with Crippen molar-refractivity contribution < 1.29 is 4.79 Å². The third-order valence-corrected chi connectivity index (χ3v) is 1.27. The maximum absolute atomic E-state index is 9.99. The number of carbonyl (C=O) groups excluding carboxylic acids is 1. The predicted molar refractivity (Wildman–Crippen MR) is 42.7 cm³/mol. The number of rotatable bonds is 3. The minimum Gasteiger partial charge on any atom is -0.356 e. The quantitative estimate of drug-likeness (QED) is 0.597. The van der Waals surface area contributed by atoms with Crippen LogP contribution in [0.15, 0.2) is 0 Å². The van der Waals surface area contributed by atoms with Gasteiger partial charge in [-0.05, 0) is 18.8 Å². The third kappa shape index (κ3) is 5.60. The van der Waals surface area contributed by atoms with E-state index in [2.05, 4.69) is 26.1 Å². The van der Waals surface area contributed by atoms with E-state index in [-0.39, 0.29) is 6.04 Å². The molecule has 2 nitrogen and oxygen atoms in total. The van der Waals surface area contributed by atoms with Gasteiger partial charge in [-0.1, -0.05) is 20.8 Å². The predicted octanol–water partition coefficient (Wildman–Crippen LogP) is 1.56. The lowest BCUT2D eigenvalue weighted by Gasteiger charge is -2.22. The van der Waals surface area contributed by atoms with Gasteiger partial charge in [0.15, 0.2) is 0 Å². The number of hydrogen-bond acceptors (Lipinski definition) is 1. The highest BCUT2D eigenvalue weighted by Gasteiger charge is 2.13. The van der Waals surface area contributed by atoms with Gasteiger partial charge in [-0.2, -0.15) is 0 Å². The normalized spacial score (nSPS) is 14.4. The van der Waals surface area contributed by atoms with Crippen LogP contribution in [0.4, 0.5) is 0 Å². The summed E-state index contributed by atoms with van der Waals surface area (Å²) in [6, 6.07) is 0.289. The van der Waals surface area contributed by atoms with Gasteiger partial charge in [-0.15, -0.1) is 0 Å². The lowest BCUT2D eigenvalue weighted by Crippen LogP contribution is -2.28. The summed E-state index contributed by atoms with van der Waals surface area (Å²) in [5.41, 5.74) is 0.301. The summed E-state index contributed by atoms with van der Waals surface area (Å²) in [4.78, 5) is 9.99. The Balaban J connectivity index is 3.56. The van der Waals surface area contributed by atoms with Crippen LogP contribution in [0.3, 0.4) is 0 Å². The number of hydrogen-bond donors (Lipinski definition) is 1. The molecule has 10 heavy (non-hydrogen) atoms. The SMILES string of the molecule is C[C@@H](CC(C)(C)C)NC=O. The average molecular weight is 143 g/mol. The summed E-state index contributed by atoms with van der Waals surface area (Å²) in [6.45, 7) is 8.50. The highest BCUT2D eigenvalue weighted by molar-refractivity contribution is 5.46. The van der Waals surface area contributed by atoms with Crippen LogP contribution in [0.25, 0.3) is 0 Å². The summed E-state index contributed by atoms with van der Waals surface area (Å²) in [5, 5.41) is 2.72. The van der Waals surface area contributed by atoms with Crippen LogP contribution in [-0.2, 0) is 4.79 Å². The lowest BCUT2D eigenvalue weighted by atomic mass is 9.89. The molecule has 1 amide bonds. The van der Waals surface area contributed by atoms with Gasteiger partial charge in [0.25, 0.3) is 0 Å². The van der Waals surface area contributed by atoms with E-state index in [1.54, 1.807) is 0 Å². The Bertz CT molecular complexity index is 104. The molecule has 0 bridgehead atoms. The van der Waals surface area contributed by atoms with Crippen LogP contribution in [0.1, 0.15) is 34.1 Å². The van der Waals surface area contributed by atoms with Crippen molar-refractivity contribution in [1.29, 1.82) is 0 Å². The van der Waals surface area contributed by atoms with Gasteiger partial charge in [-0.3, -0.25) is 4.79 Å². The maximum Gasteiger partial charge on any atom is 0.207 e. The standard InChI is InChI=1S/C8H17NO/c1-7(9-6-10)5-8(2,3)4/h6-7H,5H2,1-4H3,(H,9,10)/t7-/m0/s1. The van der Waals surface area contributed by atoms with Crippen LogP contribution in [0.5, 0.6) is 0 Å². The van der Waals surface area contributed by atoms with Gasteiger partial charge in [0, 0.05) is 6.04 Å². The fourth-order valence-corrected chi connectivity index (χ4v) is 1.09. The molecule has 0 rings (SSSR count). The summed E-state index contributed by atoms with van der Waals surface area (Å²) in [7, 11) is 0. The molecule has 0 aliphatic rings. The Morgan fingerprint density at radius 1 is 1.50 bits per heavy atom.